The Morgan fingerprint density at radius 2 is 1.31 bits per heavy atom. The van der Waals surface area contributed by atoms with Crippen molar-refractivity contribution in [1.82, 2.24) is 0 Å². The second kappa shape index (κ2) is 7.91. The number of nitrogens with one attached hydrogen (secondary N) is 2. The van der Waals surface area contributed by atoms with Gasteiger partial charge in [0.25, 0.3) is 0 Å². The molecule has 0 spiro atoms. The van der Waals surface area contributed by atoms with Gasteiger partial charge in [0.1, 0.15) is 5.41 Å². The lowest BCUT2D eigenvalue weighted by molar-refractivity contribution is -0.135. The number of carbonyl (C=O) groups excluding carboxylic acids is 2. The summed E-state index contributed by atoms with van der Waals surface area (Å²) < 4.78 is 10.4. The van der Waals surface area contributed by atoms with Gasteiger partial charge in [0.05, 0.1) is 14.2 Å². The quantitative estimate of drug-likeness (QED) is 0.775. The monoisotopic (exact) mass is 356 g/mol. The maximum Gasteiger partial charge on any atom is 0.239 e. The second-order valence-corrected chi connectivity index (χ2v) is 6.47. The van der Waals surface area contributed by atoms with Gasteiger partial charge in [0.2, 0.25) is 11.8 Å². The number of rotatable bonds is 6. The summed E-state index contributed by atoms with van der Waals surface area (Å²) >= 11 is 0. The van der Waals surface area contributed by atoms with Crippen LogP contribution in [0.2, 0.25) is 0 Å². The first-order valence-corrected chi connectivity index (χ1v) is 8.19. The van der Waals surface area contributed by atoms with Crippen LogP contribution in [0, 0.1) is 12.3 Å². The number of anilines is 2. The average Bonchev–Trinajstić information content (AvgIpc) is 2.63. The van der Waals surface area contributed by atoms with Crippen LogP contribution in [0.3, 0.4) is 0 Å². The third-order valence-corrected chi connectivity index (χ3v) is 4.09. The normalized spacial score (nSPS) is 10.8. The Labute approximate surface area is 153 Å². The van der Waals surface area contributed by atoms with E-state index in [1.54, 1.807) is 44.2 Å². The van der Waals surface area contributed by atoms with E-state index < -0.39 is 11.3 Å². The molecule has 0 aromatic heterocycles. The van der Waals surface area contributed by atoms with E-state index in [1.807, 2.05) is 19.1 Å². The van der Waals surface area contributed by atoms with Crippen LogP contribution < -0.4 is 20.1 Å². The number of hydrogen-bond acceptors (Lipinski definition) is 4. The van der Waals surface area contributed by atoms with Gasteiger partial charge in [0, 0.05) is 17.4 Å². The Kier molecular flexibility index (Phi) is 5.87. The van der Waals surface area contributed by atoms with E-state index in [-0.39, 0.29) is 5.91 Å². The maximum absolute atomic E-state index is 12.6. The highest BCUT2D eigenvalue weighted by atomic mass is 16.5. The summed E-state index contributed by atoms with van der Waals surface area (Å²) in [6.07, 6.45) is 0. The van der Waals surface area contributed by atoms with Crippen molar-refractivity contribution in [2.45, 2.75) is 20.8 Å². The fraction of sp³-hybridized carbons (Fsp3) is 0.300. The summed E-state index contributed by atoms with van der Waals surface area (Å²) in [7, 11) is 3.05. The van der Waals surface area contributed by atoms with Crippen molar-refractivity contribution in [1.29, 1.82) is 0 Å². The summed E-state index contributed by atoms with van der Waals surface area (Å²) in [5.74, 6) is 0.239. The summed E-state index contributed by atoms with van der Waals surface area (Å²) in [6.45, 7) is 5.12. The van der Waals surface area contributed by atoms with Gasteiger partial charge >= 0.3 is 0 Å². The highest BCUT2D eigenvalue weighted by Crippen LogP contribution is 2.30. The zero-order valence-corrected chi connectivity index (χ0v) is 15.7. The van der Waals surface area contributed by atoms with Crippen molar-refractivity contribution in [3.63, 3.8) is 0 Å². The fourth-order valence-corrected chi connectivity index (χ4v) is 2.23. The molecule has 0 atom stereocenters. The number of benzene rings is 2. The predicted molar refractivity (Wildman–Crippen MR) is 102 cm³/mol. The number of hydrogen-bond donors (Lipinski definition) is 2. The van der Waals surface area contributed by atoms with Crippen LogP contribution in [0.4, 0.5) is 11.4 Å². The lowest BCUT2D eigenvalue weighted by atomic mass is 9.90. The summed E-state index contributed by atoms with van der Waals surface area (Å²) in [5, 5.41) is 5.52. The Bertz CT molecular complexity index is 798. The van der Waals surface area contributed by atoms with E-state index in [0.29, 0.717) is 22.9 Å². The first-order valence-electron chi connectivity index (χ1n) is 8.19. The van der Waals surface area contributed by atoms with Gasteiger partial charge < -0.3 is 20.1 Å². The lowest BCUT2D eigenvalue weighted by Gasteiger charge is -2.23. The van der Waals surface area contributed by atoms with Crippen LogP contribution in [-0.4, -0.2) is 26.0 Å². The molecule has 2 aromatic rings. The lowest BCUT2D eigenvalue weighted by Crippen LogP contribution is -2.41. The first-order chi connectivity index (χ1) is 12.3. The third-order valence-electron chi connectivity index (χ3n) is 4.09. The largest absolute Gasteiger partial charge is 0.493 e. The molecular weight excluding hydrogens is 332 g/mol. The van der Waals surface area contributed by atoms with E-state index in [4.69, 9.17) is 9.47 Å². The second-order valence-electron chi connectivity index (χ2n) is 6.47. The highest BCUT2D eigenvalue weighted by molar-refractivity contribution is 6.14. The zero-order valence-electron chi connectivity index (χ0n) is 15.7. The Balaban J connectivity index is 2.11. The Hall–Kier alpha value is -3.02. The van der Waals surface area contributed by atoms with Crippen LogP contribution in [0.15, 0.2) is 42.5 Å². The minimum absolute atomic E-state index is 0.390. The minimum Gasteiger partial charge on any atom is -0.493 e. The van der Waals surface area contributed by atoms with Gasteiger partial charge in [-0.05, 0) is 45.0 Å². The minimum atomic E-state index is -1.27. The molecule has 2 N–H and O–H groups in total. The Morgan fingerprint density at radius 3 is 1.85 bits per heavy atom. The number of amides is 2. The Morgan fingerprint density at radius 1 is 0.808 bits per heavy atom. The van der Waals surface area contributed by atoms with E-state index >= 15 is 0 Å². The molecule has 0 bridgehead atoms. The average molecular weight is 356 g/mol. The highest BCUT2D eigenvalue weighted by Gasteiger charge is 2.36. The number of carbonyl (C=O) groups is 2. The molecular formula is C20H24N2O4. The van der Waals surface area contributed by atoms with Crippen LogP contribution in [-0.2, 0) is 9.59 Å². The van der Waals surface area contributed by atoms with E-state index in [1.165, 1.54) is 14.2 Å². The predicted octanol–water partition coefficient (Wildman–Crippen LogP) is 3.62. The standard InChI is InChI=1S/C20H24N2O4/c1-13-6-8-14(9-7-13)21-18(23)20(2,3)19(24)22-15-10-11-16(25-4)17(12-15)26-5/h6-12H,1-5H3,(H,21,23)(H,22,24). The van der Waals surface area contributed by atoms with E-state index in [0.717, 1.165) is 5.56 Å². The summed E-state index contributed by atoms with van der Waals surface area (Å²) in [4.78, 5) is 25.2. The van der Waals surface area contributed by atoms with E-state index in [9.17, 15) is 9.59 Å². The molecule has 6 nitrogen and oxygen atoms in total. The van der Waals surface area contributed by atoms with Crippen molar-refractivity contribution in [3.05, 3.63) is 48.0 Å². The molecule has 6 heteroatoms. The third kappa shape index (κ3) is 4.33. The molecule has 26 heavy (non-hydrogen) atoms. The van der Waals surface area contributed by atoms with Crippen LogP contribution in [0.5, 0.6) is 11.5 Å². The van der Waals surface area contributed by atoms with Gasteiger partial charge in [-0.1, -0.05) is 17.7 Å². The van der Waals surface area contributed by atoms with Gasteiger partial charge in [-0.3, -0.25) is 9.59 Å². The van der Waals surface area contributed by atoms with Crippen molar-refractivity contribution in [3.8, 4) is 11.5 Å². The van der Waals surface area contributed by atoms with E-state index in [2.05, 4.69) is 10.6 Å². The molecule has 0 unspecified atom stereocenters. The van der Waals surface area contributed by atoms with Gasteiger partial charge in [-0.2, -0.15) is 0 Å². The number of aryl methyl sites for hydroxylation is 1. The van der Waals surface area contributed by atoms with Crippen molar-refractivity contribution < 1.29 is 19.1 Å². The SMILES string of the molecule is COc1ccc(NC(=O)C(C)(C)C(=O)Nc2ccc(C)cc2)cc1OC. The van der Waals surface area contributed by atoms with Gasteiger partial charge in [-0.25, -0.2) is 0 Å². The molecule has 2 aromatic carbocycles. The zero-order chi connectivity index (χ0) is 19.3. The molecule has 2 rings (SSSR count). The molecule has 0 aliphatic rings. The molecule has 0 radical (unpaired) electrons. The summed E-state index contributed by atoms with van der Waals surface area (Å²) in [6, 6.07) is 12.4. The fourth-order valence-electron chi connectivity index (χ4n) is 2.23. The van der Waals surface area contributed by atoms with Crippen LogP contribution in [0.25, 0.3) is 0 Å². The topological polar surface area (TPSA) is 76.7 Å². The molecule has 0 aliphatic heterocycles. The van der Waals surface area contributed by atoms with Crippen LogP contribution >= 0.6 is 0 Å². The molecule has 2 amide bonds. The molecule has 0 saturated carbocycles. The van der Waals surface area contributed by atoms with Gasteiger partial charge in [0.15, 0.2) is 11.5 Å². The van der Waals surface area contributed by atoms with Crippen molar-refractivity contribution >= 4 is 23.2 Å². The smallest absolute Gasteiger partial charge is 0.239 e. The molecule has 0 aliphatic carbocycles. The molecule has 138 valence electrons. The maximum atomic E-state index is 12.6. The summed E-state index contributed by atoms with van der Waals surface area (Å²) in [5.41, 5.74) is 0.989. The number of ether oxygens (including phenoxy) is 2. The van der Waals surface area contributed by atoms with Crippen LogP contribution in [0.1, 0.15) is 19.4 Å². The van der Waals surface area contributed by atoms with Crippen molar-refractivity contribution in [2.24, 2.45) is 5.41 Å². The van der Waals surface area contributed by atoms with Gasteiger partial charge in [-0.15, -0.1) is 0 Å². The number of methoxy groups -OCH3 is 2. The molecule has 0 saturated heterocycles. The molecule has 0 heterocycles. The first kappa shape index (κ1) is 19.3. The van der Waals surface area contributed by atoms with Crippen molar-refractivity contribution in [2.75, 3.05) is 24.9 Å². The molecule has 0 fully saturated rings.